The Labute approximate surface area is 1040 Å². The molecule has 0 amide bonds. The van der Waals surface area contributed by atoms with Gasteiger partial charge in [0.2, 0.25) is 0 Å². The van der Waals surface area contributed by atoms with Crippen LogP contribution in [0.25, 0.3) is 0 Å². The van der Waals surface area contributed by atoms with E-state index in [1.807, 2.05) is 0 Å². The summed E-state index contributed by atoms with van der Waals surface area (Å²) in [6, 6.07) is 0. The summed E-state index contributed by atoms with van der Waals surface area (Å²) in [4.78, 5) is 96.6. The van der Waals surface area contributed by atoms with Gasteiger partial charge < -0.3 is 237 Å². The molecule has 30 saturated heterocycles. The van der Waals surface area contributed by atoms with Crippen molar-refractivity contribution in [2.75, 3.05) is 92.0 Å². The van der Waals surface area contributed by atoms with Crippen LogP contribution in [0.3, 0.4) is 0 Å². The van der Waals surface area contributed by atoms with Crippen LogP contribution in [-0.4, -0.2) is 467 Å². The fraction of sp³-hybridized carbons (Fsp3) is 0.900. The van der Waals surface area contributed by atoms with Gasteiger partial charge in [0.25, 0.3) is 0 Å². The van der Waals surface area contributed by atoms with Crippen LogP contribution in [0, 0.1) is 47.3 Å². The second-order valence-corrected chi connectivity index (χ2v) is 43.7. The first kappa shape index (κ1) is 147. The number of hydrogen-bond acceptors (Lipinski definition) is 56. The van der Waals surface area contributed by atoms with E-state index in [1.165, 1.54) is 55.4 Å². The predicted octanol–water partition coefficient (Wildman–Crippen LogP) is -40.4. The van der Waals surface area contributed by atoms with E-state index in [-0.39, 0.29) is 282 Å². The first-order chi connectivity index (χ1) is 64.0. The maximum Gasteiger partial charge on any atom is 1.00 e. The van der Waals surface area contributed by atoms with E-state index in [2.05, 4.69) is 0 Å². The van der Waals surface area contributed by atoms with E-state index in [0.717, 1.165) is 94.1 Å². The Morgan fingerprint density at radius 3 is 0.333 bits per heavy atom. The number of carbonyl (C=O) groups is 8. The van der Waals surface area contributed by atoms with Gasteiger partial charge in [-0.05, 0) is 0 Å². The van der Waals surface area contributed by atoms with Gasteiger partial charge in [0.15, 0.2) is 50.3 Å². The maximum absolute atomic E-state index is 12.4. The van der Waals surface area contributed by atoms with Crippen LogP contribution in [0.2, 0.25) is 0 Å². The SMILES string of the molecule is CC(CSCC1O[C@@H]2O[C@@H]3C(CSCC(C)C(=O)[O-])O[C@H](O[C@@H]4C(CSCC(C)C(=O)[O-])O[C@H](O[C@@H]5C(CSCC(C)C(=O)[O-])O[C@H](O[C@@H]6C(CSCC(C)C(=O)[O-])O[C@H](O[C@@H]7C(CSCC(C)C(=O)[O-])O[C@H](O[C@@H]8C(CSCC(C)C(=O)[O-])O[C@H](O[C@@H]9C(CSCC(C)C(=O)[O-])O[C@H](O[C@H]1C(O)C2O)C(O)C9O)C(O)C8O)C(O)C7O)C(O)C6O)C(O)C5O)C(O)C4O)C(O)C3O)C(=O)[O-].[Na+].[Na+].[Na+].[Na+].[Na+].[Na+].[Na+].[Na+]. The fourth-order valence-electron chi connectivity index (χ4n) is 15.2. The number of aliphatic hydroxyl groups is 16. The summed E-state index contributed by atoms with van der Waals surface area (Å²) in [7, 11) is 0. The molecule has 0 aromatic heterocycles. The molecule has 30 aliphatic rings. The van der Waals surface area contributed by atoms with Crippen LogP contribution in [0.1, 0.15) is 55.4 Å². The van der Waals surface area contributed by atoms with Crippen molar-refractivity contribution in [3.05, 3.63) is 0 Å². The summed E-state index contributed by atoms with van der Waals surface area (Å²) in [5.41, 5.74) is 0. The smallest absolute Gasteiger partial charge is 0.550 e. The number of carboxylic acid groups (broad SMARTS) is 8. The Kier molecular flexibility index (Phi) is 72.3. The van der Waals surface area contributed by atoms with Gasteiger partial charge in [-0.25, -0.2) is 0 Å². The minimum Gasteiger partial charge on any atom is -0.550 e. The van der Waals surface area contributed by atoms with E-state index in [9.17, 15) is 161 Å². The number of thioether (sulfide) groups is 8. The summed E-state index contributed by atoms with van der Waals surface area (Å²) in [5.74, 6) is -27.4. The van der Waals surface area contributed by atoms with Crippen LogP contribution in [0.5, 0.6) is 0 Å². The maximum atomic E-state index is 12.4. The molecular weight excluding hydrogens is 2170 g/mol. The van der Waals surface area contributed by atoms with E-state index >= 15 is 0 Å². The Bertz CT molecular complexity index is 3130. The van der Waals surface area contributed by atoms with Gasteiger partial charge in [-0.3, -0.25) is 0 Å². The van der Waals surface area contributed by atoms with Crippen molar-refractivity contribution in [1.29, 1.82) is 0 Å². The third-order valence-electron chi connectivity index (χ3n) is 23.9. The van der Waals surface area contributed by atoms with Crippen molar-refractivity contribution in [3.63, 3.8) is 0 Å². The molecule has 30 rings (SSSR count). The average molecular weight is 2290 g/mol. The Morgan fingerprint density at radius 1 is 0.174 bits per heavy atom. The molecular formula is C80H120Na8O48S8. The molecule has 784 valence electrons. The minimum atomic E-state index is -2.38. The van der Waals surface area contributed by atoms with Gasteiger partial charge in [0.05, 0.1) is 48.8 Å². The van der Waals surface area contributed by atoms with Crippen LogP contribution in [-0.2, 0) is 114 Å². The third kappa shape index (κ3) is 41.0. The van der Waals surface area contributed by atoms with Gasteiger partial charge in [0, 0.05) is 187 Å². The number of ether oxygens (including phenoxy) is 16. The molecule has 64 heteroatoms. The molecule has 48 nitrogen and oxygen atoms in total. The average Bonchev–Trinajstić information content (AvgIpc) is 0.767. The largest absolute Gasteiger partial charge is 1.00 e. The van der Waals surface area contributed by atoms with Crippen LogP contribution in [0.4, 0.5) is 0 Å². The first-order valence-corrected chi connectivity index (χ1v) is 52.9. The van der Waals surface area contributed by atoms with Crippen molar-refractivity contribution >= 4 is 142 Å². The molecule has 16 N–H and O–H groups in total. The predicted molar refractivity (Wildman–Crippen MR) is 456 cm³/mol. The normalized spacial score (nSPS) is 39.4. The number of aliphatic hydroxyl groups excluding tert-OH is 16. The number of rotatable bonds is 40. The monoisotopic (exact) mass is 2290 g/mol. The zero-order valence-corrected chi connectivity index (χ0v) is 105. The molecule has 0 aliphatic carbocycles. The second kappa shape index (κ2) is 70.7. The van der Waals surface area contributed by atoms with Crippen molar-refractivity contribution in [3.8, 4) is 0 Å². The number of carbonyl (C=O) groups excluding carboxylic acids is 8. The topological polar surface area (TPSA) is 792 Å². The van der Waals surface area contributed by atoms with Gasteiger partial charge in [-0.2, -0.15) is 94.1 Å². The summed E-state index contributed by atoms with van der Waals surface area (Å²) in [6.07, 6.45) is -84.8. The van der Waals surface area contributed by atoms with Crippen LogP contribution < -0.4 is 277 Å². The standard InChI is InChI=1S/C80H128O48S8.8Na/c1-25(65(97)98)9-129-17-33-57-41(81)49(89)73(113-33)122-58-34(18-130-10-26(2)66(99)100)115-75(51(91)43(58)83)124-60-36(20-132-12-28(4)68(103)104)117-77(53(93)45(60)85)126-62-38(22-134-14-30(6)70(107)108)119-79(55(95)47(62)87)128-64-40(24-136-16-32(8)72(111)112)120-80(56(96)48(64)88)127-63-39(23-135-15-31(7)71(109)110)118-78(54(94)46(63)86)125-61-37(21-133-13-29(5)69(105)106)116-76(52(92)44(61)84)123-59-35(19-131-11-27(3)67(101)102)114-74(121-57)50(90)42(59)82;;;;;;;;/h25-64,73-96H,9-24H2,1-8H3,(H,97,98)(H,99,100)(H,101,102)(H,103,104)(H,105,106)(H,107,108)(H,109,110)(H,111,112);;;;;;;;/q;8*+1/p-8/t25?,26?,27?,28?,29?,30?,31?,32?,33?,34?,35?,36?,37?,38?,39?,40?,41?,42?,43?,44?,45?,46?,47?,48?,49?,50?,51?,52?,53?,54?,55?,56?,57-,58-,59-,60-,61-,62-,63-,64-,73-,74-,75-,76-,77-,78-,79-,80-;;;;;;;;/m1......../s1. The number of aliphatic carboxylic acids is 8. The fourth-order valence-corrected chi connectivity index (χ4v) is 24.2. The van der Waals surface area contributed by atoms with Gasteiger partial charge in [-0.1, -0.05) is 55.4 Å². The van der Waals surface area contributed by atoms with E-state index in [1.54, 1.807) is 0 Å². The Hall–Kier alpha value is 5.28. The van der Waals surface area contributed by atoms with Crippen LogP contribution >= 0.6 is 94.1 Å². The molecule has 30 aliphatic heterocycles. The van der Waals surface area contributed by atoms with E-state index in [0.29, 0.717) is 0 Å². The molecule has 144 heavy (non-hydrogen) atoms. The summed E-state index contributed by atoms with van der Waals surface area (Å²) in [5, 5.41) is 294. The molecule has 16 bridgehead atoms. The molecule has 30 heterocycles. The van der Waals surface area contributed by atoms with E-state index < -0.39 is 387 Å². The first-order valence-electron chi connectivity index (χ1n) is 43.7. The number of carboxylic acids is 8. The molecule has 48 atom stereocenters. The Morgan fingerprint density at radius 2 is 0.257 bits per heavy atom. The summed E-state index contributed by atoms with van der Waals surface area (Å²) in [6.45, 7) is 10.2. The molecule has 0 spiro atoms. The third-order valence-corrected chi connectivity index (χ3v) is 34.3. The zero-order chi connectivity index (χ0) is 101. The zero-order valence-electron chi connectivity index (χ0n) is 82.5. The quantitative estimate of drug-likeness (QED) is 0.0253. The molecule has 0 aromatic rings. The molecule has 0 radical (unpaired) electrons. The minimum absolute atomic E-state index is 0. The second-order valence-electron chi connectivity index (χ2n) is 35.1. The van der Waals surface area contributed by atoms with Gasteiger partial charge in [-0.15, -0.1) is 0 Å². The van der Waals surface area contributed by atoms with Gasteiger partial charge >= 0.3 is 236 Å². The molecule has 0 saturated carbocycles. The summed E-state index contributed by atoms with van der Waals surface area (Å²) < 4.78 is 101. The van der Waals surface area contributed by atoms with Crippen molar-refractivity contribution in [2.24, 2.45) is 47.3 Å². The van der Waals surface area contributed by atoms with Crippen molar-refractivity contribution < 1.29 is 473 Å². The van der Waals surface area contributed by atoms with Crippen LogP contribution in [0.15, 0.2) is 0 Å². The molecule has 30 fully saturated rings. The molecule has 32 unspecified atom stereocenters. The Balaban J connectivity index is 0.0000130. The van der Waals surface area contributed by atoms with Crippen molar-refractivity contribution in [1.82, 2.24) is 0 Å². The van der Waals surface area contributed by atoms with Gasteiger partial charge in [0.1, 0.15) is 146 Å². The summed E-state index contributed by atoms with van der Waals surface area (Å²) >= 11 is 6.62. The molecule has 0 aromatic carbocycles. The van der Waals surface area contributed by atoms with E-state index in [4.69, 9.17) is 75.8 Å². The number of hydrogen-bond donors (Lipinski definition) is 16. The van der Waals surface area contributed by atoms with Crippen molar-refractivity contribution in [2.45, 2.75) is 301 Å².